The summed E-state index contributed by atoms with van der Waals surface area (Å²) in [4.78, 5) is 10.6. The predicted octanol–water partition coefficient (Wildman–Crippen LogP) is -0.829. The lowest BCUT2D eigenvalue weighted by molar-refractivity contribution is -0.143. The summed E-state index contributed by atoms with van der Waals surface area (Å²) in [5.74, 6) is -0.954. The summed E-state index contributed by atoms with van der Waals surface area (Å²) in [7, 11) is 0. The molecule has 3 N–H and O–H groups in total. The van der Waals surface area contributed by atoms with E-state index in [4.69, 9.17) is 10.2 Å². The molecule has 11 heavy (non-hydrogen) atoms. The van der Waals surface area contributed by atoms with Crippen LogP contribution in [0.3, 0.4) is 0 Å². The number of nitrogens with zero attached hydrogens (tertiary/aromatic N) is 1. The number of nitrogens with one attached hydrogen (secondary N) is 1. The van der Waals surface area contributed by atoms with E-state index in [0.717, 1.165) is 0 Å². The van der Waals surface area contributed by atoms with Crippen LogP contribution < -0.4 is 5.43 Å². The normalized spacial score (nSPS) is 29.5. The Hall–Kier alpha value is -1.10. The molecule has 5 nitrogen and oxygen atoms in total. The van der Waals surface area contributed by atoms with Crippen LogP contribution in [0.4, 0.5) is 0 Å². The molecule has 5 heteroatoms. The molecule has 0 radical (unpaired) electrons. The molecule has 0 aromatic carbocycles. The number of aliphatic hydroxyl groups is 1. The van der Waals surface area contributed by atoms with Crippen molar-refractivity contribution in [3.63, 3.8) is 0 Å². The van der Waals surface area contributed by atoms with Gasteiger partial charge in [0.2, 0.25) is 0 Å². The van der Waals surface area contributed by atoms with Crippen LogP contribution in [0.15, 0.2) is 5.10 Å². The van der Waals surface area contributed by atoms with Gasteiger partial charge in [-0.1, -0.05) is 0 Å². The fourth-order valence-corrected chi connectivity index (χ4v) is 0.904. The summed E-state index contributed by atoms with van der Waals surface area (Å²) in [6.07, 6.45) is 0.263. The second-order valence-corrected chi connectivity index (χ2v) is 2.76. The molecule has 0 saturated carbocycles. The minimum absolute atomic E-state index is 0.185. The monoisotopic (exact) mass is 158 g/mol. The molecular weight excluding hydrogens is 148 g/mol. The largest absolute Gasteiger partial charge is 0.479 e. The highest BCUT2D eigenvalue weighted by atomic mass is 16.4. The maximum atomic E-state index is 10.6. The van der Waals surface area contributed by atoms with Crippen molar-refractivity contribution in [3.8, 4) is 0 Å². The van der Waals surface area contributed by atoms with E-state index in [9.17, 15) is 4.79 Å². The summed E-state index contributed by atoms with van der Waals surface area (Å²) in [6.45, 7) is 1.34. The molecule has 0 spiro atoms. The molecular formula is C6H10N2O3. The average molecular weight is 158 g/mol. The number of hydrogen-bond donors (Lipinski definition) is 3. The summed E-state index contributed by atoms with van der Waals surface area (Å²) < 4.78 is 0. The van der Waals surface area contributed by atoms with Gasteiger partial charge in [0.1, 0.15) is 0 Å². The van der Waals surface area contributed by atoms with E-state index in [-0.39, 0.29) is 13.0 Å². The maximum absolute atomic E-state index is 10.6. The SMILES string of the molecule is CC1(C(=O)O)CC(CO)=NN1. The number of hydrazone groups is 1. The number of aliphatic hydroxyl groups excluding tert-OH is 1. The third kappa shape index (κ3) is 1.32. The fourth-order valence-electron chi connectivity index (χ4n) is 0.904. The van der Waals surface area contributed by atoms with Gasteiger partial charge in [-0.2, -0.15) is 5.10 Å². The molecule has 0 aromatic heterocycles. The van der Waals surface area contributed by atoms with Crippen LogP contribution >= 0.6 is 0 Å². The Kier molecular flexibility index (Phi) is 1.82. The van der Waals surface area contributed by atoms with Gasteiger partial charge < -0.3 is 10.2 Å². The van der Waals surface area contributed by atoms with Crippen molar-refractivity contribution in [2.75, 3.05) is 6.61 Å². The Bertz CT molecular complexity index is 214. The molecule has 1 rings (SSSR count). The first kappa shape index (κ1) is 8.00. The zero-order valence-corrected chi connectivity index (χ0v) is 6.16. The summed E-state index contributed by atoms with van der Waals surface area (Å²) in [5.41, 5.74) is 1.91. The van der Waals surface area contributed by atoms with Crippen molar-refractivity contribution >= 4 is 11.7 Å². The molecule has 1 aliphatic rings. The lowest BCUT2D eigenvalue weighted by Crippen LogP contribution is -2.44. The van der Waals surface area contributed by atoms with Crippen molar-refractivity contribution in [1.82, 2.24) is 5.43 Å². The summed E-state index contributed by atoms with van der Waals surface area (Å²) >= 11 is 0. The van der Waals surface area contributed by atoms with Gasteiger partial charge in [-0.3, -0.25) is 5.43 Å². The van der Waals surface area contributed by atoms with E-state index < -0.39 is 11.5 Å². The highest BCUT2D eigenvalue weighted by Crippen LogP contribution is 2.16. The summed E-state index contributed by atoms with van der Waals surface area (Å²) in [5, 5.41) is 20.9. The molecule has 0 bridgehead atoms. The highest BCUT2D eigenvalue weighted by molar-refractivity contribution is 5.94. The molecule has 0 fully saturated rings. The minimum Gasteiger partial charge on any atom is -0.479 e. The first-order chi connectivity index (χ1) is 5.08. The number of rotatable bonds is 2. The van der Waals surface area contributed by atoms with Gasteiger partial charge in [0.15, 0.2) is 5.54 Å². The van der Waals surface area contributed by atoms with Crippen LogP contribution in [0.1, 0.15) is 13.3 Å². The molecule has 0 amide bonds. The van der Waals surface area contributed by atoms with Gasteiger partial charge in [-0.05, 0) is 6.92 Å². The van der Waals surface area contributed by atoms with Crippen molar-refractivity contribution in [2.45, 2.75) is 18.9 Å². The number of carboxylic acid groups (broad SMARTS) is 1. The van der Waals surface area contributed by atoms with Gasteiger partial charge in [0.05, 0.1) is 12.3 Å². The highest BCUT2D eigenvalue weighted by Gasteiger charge is 2.38. The predicted molar refractivity (Wildman–Crippen MR) is 38.3 cm³/mol. The topological polar surface area (TPSA) is 81.9 Å². The molecule has 0 aromatic rings. The maximum Gasteiger partial charge on any atom is 0.331 e. The Morgan fingerprint density at radius 2 is 2.55 bits per heavy atom. The van der Waals surface area contributed by atoms with E-state index in [1.165, 1.54) is 6.92 Å². The Balaban J connectivity index is 2.64. The van der Waals surface area contributed by atoms with E-state index >= 15 is 0 Å². The second-order valence-electron chi connectivity index (χ2n) is 2.76. The van der Waals surface area contributed by atoms with Crippen LogP contribution in [0.2, 0.25) is 0 Å². The van der Waals surface area contributed by atoms with Crippen LogP contribution in [-0.4, -0.2) is 34.0 Å². The molecule has 62 valence electrons. The Labute approximate surface area is 63.7 Å². The fraction of sp³-hybridized carbons (Fsp3) is 0.667. The first-order valence-electron chi connectivity index (χ1n) is 3.25. The van der Waals surface area contributed by atoms with E-state index in [1.54, 1.807) is 0 Å². The first-order valence-corrected chi connectivity index (χ1v) is 3.25. The van der Waals surface area contributed by atoms with Gasteiger partial charge >= 0.3 is 5.97 Å². The number of aliphatic carboxylic acids is 1. The van der Waals surface area contributed by atoms with E-state index in [2.05, 4.69) is 10.5 Å². The second kappa shape index (κ2) is 2.50. The molecule has 0 aliphatic carbocycles. The zero-order valence-electron chi connectivity index (χ0n) is 6.16. The lowest BCUT2D eigenvalue weighted by Gasteiger charge is -2.16. The van der Waals surface area contributed by atoms with Crippen molar-refractivity contribution in [2.24, 2.45) is 5.10 Å². The van der Waals surface area contributed by atoms with Crippen LogP contribution in [0.5, 0.6) is 0 Å². The average Bonchev–Trinajstić information content (AvgIpc) is 2.33. The molecule has 1 heterocycles. The van der Waals surface area contributed by atoms with Gasteiger partial charge in [-0.15, -0.1) is 0 Å². The lowest BCUT2D eigenvalue weighted by atomic mass is 9.98. The van der Waals surface area contributed by atoms with Crippen LogP contribution in [0, 0.1) is 0 Å². The zero-order chi connectivity index (χ0) is 8.48. The molecule has 1 aliphatic heterocycles. The number of carboxylic acids is 1. The Morgan fingerprint density at radius 1 is 1.91 bits per heavy atom. The Morgan fingerprint density at radius 3 is 2.82 bits per heavy atom. The molecule has 1 unspecified atom stereocenters. The van der Waals surface area contributed by atoms with Gasteiger partial charge in [-0.25, -0.2) is 4.79 Å². The third-order valence-corrected chi connectivity index (χ3v) is 1.67. The van der Waals surface area contributed by atoms with E-state index in [1.807, 2.05) is 0 Å². The molecule has 0 saturated heterocycles. The smallest absolute Gasteiger partial charge is 0.331 e. The van der Waals surface area contributed by atoms with E-state index in [0.29, 0.717) is 5.71 Å². The number of hydrogen-bond acceptors (Lipinski definition) is 4. The molecule has 1 atom stereocenters. The quantitative estimate of drug-likeness (QED) is 0.490. The van der Waals surface area contributed by atoms with Gasteiger partial charge in [0, 0.05) is 6.42 Å². The number of carbonyl (C=O) groups is 1. The third-order valence-electron chi connectivity index (χ3n) is 1.67. The van der Waals surface area contributed by atoms with Crippen molar-refractivity contribution in [1.29, 1.82) is 0 Å². The van der Waals surface area contributed by atoms with Crippen LogP contribution in [-0.2, 0) is 4.79 Å². The van der Waals surface area contributed by atoms with Crippen LogP contribution in [0.25, 0.3) is 0 Å². The van der Waals surface area contributed by atoms with Crippen molar-refractivity contribution in [3.05, 3.63) is 0 Å². The standard InChI is InChI=1S/C6H10N2O3/c1-6(5(10)11)2-4(3-9)7-8-6/h8-9H,2-3H2,1H3,(H,10,11). The summed E-state index contributed by atoms with van der Waals surface area (Å²) in [6, 6.07) is 0. The minimum atomic E-state index is -1.03. The van der Waals surface area contributed by atoms with Crippen molar-refractivity contribution < 1.29 is 15.0 Å². The van der Waals surface area contributed by atoms with Gasteiger partial charge in [0.25, 0.3) is 0 Å².